The van der Waals surface area contributed by atoms with Gasteiger partial charge in [0.2, 0.25) is 0 Å². The predicted octanol–water partition coefficient (Wildman–Crippen LogP) is 1.13. The predicted molar refractivity (Wildman–Crippen MR) is 68.1 cm³/mol. The highest BCUT2D eigenvalue weighted by Crippen LogP contribution is 2.13. The number of carbonyl (C=O) groups is 1. The van der Waals surface area contributed by atoms with Crippen molar-refractivity contribution in [3.05, 3.63) is 36.4 Å². The van der Waals surface area contributed by atoms with Gasteiger partial charge < -0.3 is 20.3 Å². The number of carbonyl (C=O) groups excluding carboxylic acids is 1. The van der Waals surface area contributed by atoms with Gasteiger partial charge in [-0.05, 0) is 31.2 Å². The van der Waals surface area contributed by atoms with E-state index in [4.69, 9.17) is 15.2 Å². The van der Waals surface area contributed by atoms with E-state index in [2.05, 4.69) is 6.58 Å². The summed E-state index contributed by atoms with van der Waals surface area (Å²) in [6, 6.07) is 6.79. The minimum atomic E-state index is -0.883. The Bertz CT molecular complexity index is 414. The first-order valence-corrected chi connectivity index (χ1v) is 5.48. The molecule has 0 fully saturated rings. The van der Waals surface area contributed by atoms with Crippen molar-refractivity contribution in [1.29, 1.82) is 0 Å². The zero-order valence-electron chi connectivity index (χ0n) is 10.3. The van der Waals surface area contributed by atoms with E-state index in [0.717, 1.165) is 0 Å². The topological polar surface area (TPSA) is 81.8 Å². The van der Waals surface area contributed by atoms with Crippen molar-refractivity contribution < 1.29 is 19.4 Å². The summed E-state index contributed by atoms with van der Waals surface area (Å²) in [7, 11) is 0. The van der Waals surface area contributed by atoms with Gasteiger partial charge in [-0.25, -0.2) is 4.79 Å². The van der Waals surface area contributed by atoms with Crippen LogP contribution in [-0.4, -0.2) is 30.4 Å². The van der Waals surface area contributed by atoms with Gasteiger partial charge >= 0.3 is 5.97 Å². The largest absolute Gasteiger partial charge is 0.491 e. The number of hydrogen-bond acceptors (Lipinski definition) is 5. The lowest BCUT2D eigenvalue weighted by atomic mass is 10.3. The fourth-order valence-electron chi connectivity index (χ4n) is 1.10. The van der Waals surface area contributed by atoms with Crippen LogP contribution < -0.4 is 10.5 Å². The Kier molecular flexibility index (Phi) is 5.20. The number of ether oxygens (including phenoxy) is 2. The molecule has 98 valence electrons. The normalized spacial score (nSPS) is 11.7. The second kappa shape index (κ2) is 6.66. The molecule has 0 radical (unpaired) electrons. The second-order valence-electron chi connectivity index (χ2n) is 3.91. The monoisotopic (exact) mass is 251 g/mol. The molecule has 0 saturated heterocycles. The van der Waals surface area contributed by atoms with Gasteiger partial charge in [-0.1, -0.05) is 6.58 Å². The van der Waals surface area contributed by atoms with Crippen LogP contribution in [0.15, 0.2) is 36.4 Å². The Labute approximate surface area is 106 Å². The van der Waals surface area contributed by atoms with E-state index >= 15 is 0 Å². The molecule has 5 nitrogen and oxygen atoms in total. The summed E-state index contributed by atoms with van der Waals surface area (Å²) in [6.07, 6.45) is -0.883. The molecule has 1 rings (SSSR count). The molecule has 0 amide bonds. The molecule has 1 atom stereocenters. The molecule has 1 aromatic rings. The highest BCUT2D eigenvalue weighted by molar-refractivity contribution is 5.86. The molecule has 0 aliphatic carbocycles. The van der Waals surface area contributed by atoms with Crippen molar-refractivity contribution >= 4 is 11.7 Å². The molecule has 0 saturated carbocycles. The lowest BCUT2D eigenvalue weighted by Gasteiger charge is -2.12. The van der Waals surface area contributed by atoms with Crippen LogP contribution in [0.1, 0.15) is 6.92 Å². The Morgan fingerprint density at radius 1 is 1.39 bits per heavy atom. The van der Waals surface area contributed by atoms with Gasteiger partial charge in [0.05, 0.1) is 0 Å². The lowest BCUT2D eigenvalue weighted by Crippen LogP contribution is -2.25. The fraction of sp³-hybridized carbons (Fsp3) is 0.308. The summed E-state index contributed by atoms with van der Waals surface area (Å²) in [5, 5.41) is 9.54. The number of aliphatic hydroxyl groups is 1. The maximum Gasteiger partial charge on any atom is 0.333 e. The maximum atomic E-state index is 11.1. The first kappa shape index (κ1) is 14.1. The van der Waals surface area contributed by atoms with Crippen molar-refractivity contribution in [3.8, 4) is 5.75 Å². The first-order valence-electron chi connectivity index (χ1n) is 5.48. The summed E-state index contributed by atoms with van der Waals surface area (Å²) in [4.78, 5) is 11.1. The highest BCUT2D eigenvalue weighted by Gasteiger charge is 2.10. The molecule has 3 N–H and O–H groups in total. The molecule has 0 aliphatic rings. The van der Waals surface area contributed by atoms with Gasteiger partial charge in [0.15, 0.2) is 0 Å². The summed E-state index contributed by atoms with van der Waals surface area (Å²) in [6.45, 7) is 4.89. The average Bonchev–Trinajstić information content (AvgIpc) is 2.35. The van der Waals surface area contributed by atoms with E-state index in [0.29, 0.717) is 17.0 Å². The molecule has 18 heavy (non-hydrogen) atoms. The standard InChI is InChI=1S/C13H17NO4/c1-9(2)13(16)18-8-11(15)7-17-12-5-3-10(14)4-6-12/h3-6,11,15H,1,7-8,14H2,2H3. The Balaban J connectivity index is 2.28. The summed E-state index contributed by atoms with van der Waals surface area (Å²) in [5.74, 6) is 0.0658. The van der Waals surface area contributed by atoms with Crippen molar-refractivity contribution in [1.82, 2.24) is 0 Å². The van der Waals surface area contributed by atoms with Gasteiger partial charge in [0, 0.05) is 11.3 Å². The van der Waals surface area contributed by atoms with E-state index < -0.39 is 12.1 Å². The third-order valence-corrected chi connectivity index (χ3v) is 2.08. The fourth-order valence-corrected chi connectivity index (χ4v) is 1.10. The quantitative estimate of drug-likeness (QED) is 0.450. The number of rotatable bonds is 6. The van der Waals surface area contributed by atoms with Crippen molar-refractivity contribution in [2.24, 2.45) is 0 Å². The number of anilines is 1. The molecular formula is C13H17NO4. The van der Waals surface area contributed by atoms with E-state index in [9.17, 15) is 9.90 Å². The maximum absolute atomic E-state index is 11.1. The van der Waals surface area contributed by atoms with Gasteiger partial charge in [0.25, 0.3) is 0 Å². The summed E-state index contributed by atoms with van der Waals surface area (Å²) < 4.78 is 10.1. The Hall–Kier alpha value is -2.01. The van der Waals surface area contributed by atoms with Crippen molar-refractivity contribution in [2.75, 3.05) is 18.9 Å². The molecule has 1 unspecified atom stereocenters. The van der Waals surface area contributed by atoms with E-state index in [1.54, 1.807) is 31.2 Å². The number of aliphatic hydroxyl groups excluding tert-OH is 1. The van der Waals surface area contributed by atoms with Crippen molar-refractivity contribution in [2.45, 2.75) is 13.0 Å². The smallest absolute Gasteiger partial charge is 0.333 e. The third kappa shape index (κ3) is 4.88. The average molecular weight is 251 g/mol. The zero-order valence-corrected chi connectivity index (χ0v) is 10.3. The number of esters is 1. The molecule has 0 aliphatic heterocycles. The van der Waals surface area contributed by atoms with E-state index in [1.165, 1.54) is 0 Å². The molecule has 0 spiro atoms. The molecule has 0 aromatic heterocycles. The SMILES string of the molecule is C=C(C)C(=O)OCC(O)COc1ccc(N)cc1. The van der Waals surface area contributed by atoms with Gasteiger partial charge in [-0.2, -0.15) is 0 Å². The van der Waals surface area contributed by atoms with Crippen LogP contribution in [0, 0.1) is 0 Å². The van der Waals surface area contributed by atoms with Gasteiger partial charge in [-0.15, -0.1) is 0 Å². The third-order valence-electron chi connectivity index (χ3n) is 2.08. The second-order valence-corrected chi connectivity index (χ2v) is 3.91. The van der Waals surface area contributed by atoms with Crippen LogP contribution in [0.2, 0.25) is 0 Å². The minimum Gasteiger partial charge on any atom is -0.491 e. The summed E-state index contributed by atoms with van der Waals surface area (Å²) in [5.41, 5.74) is 6.45. The number of nitrogens with two attached hydrogens (primary N) is 1. The Morgan fingerprint density at radius 2 is 2.00 bits per heavy atom. The van der Waals surface area contributed by atoms with Crippen LogP contribution in [0.5, 0.6) is 5.75 Å². The van der Waals surface area contributed by atoms with E-state index in [1.807, 2.05) is 0 Å². The van der Waals surface area contributed by atoms with Crippen LogP contribution in [0.4, 0.5) is 5.69 Å². The van der Waals surface area contributed by atoms with Crippen LogP contribution in [0.25, 0.3) is 0 Å². The number of hydrogen-bond donors (Lipinski definition) is 2. The highest BCUT2D eigenvalue weighted by atomic mass is 16.5. The number of nitrogen functional groups attached to an aromatic ring is 1. The van der Waals surface area contributed by atoms with Gasteiger partial charge in [-0.3, -0.25) is 0 Å². The zero-order chi connectivity index (χ0) is 13.5. The van der Waals surface area contributed by atoms with Gasteiger partial charge in [0.1, 0.15) is 25.1 Å². The Morgan fingerprint density at radius 3 is 2.56 bits per heavy atom. The van der Waals surface area contributed by atoms with Crippen molar-refractivity contribution in [3.63, 3.8) is 0 Å². The molecule has 5 heteroatoms. The first-order chi connectivity index (χ1) is 8.49. The molecule has 1 aromatic carbocycles. The summed E-state index contributed by atoms with van der Waals surface area (Å²) >= 11 is 0. The minimum absolute atomic E-state index is 0.0351. The lowest BCUT2D eigenvalue weighted by molar-refractivity contribution is -0.142. The number of benzene rings is 1. The van der Waals surface area contributed by atoms with E-state index in [-0.39, 0.29) is 13.2 Å². The van der Waals surface area contributed by atoms with Crippen LogP contribution in [0.3, 0.4) is 0 Å². The van der Waals surface area contributed by atoms with Crippen LogP contribution >= 0.6 is 0 Å². The van der Waals surface area contributed by atoms with Crippen LogP contribution in [-0.2, 0) is 9.53 Å². The molecular weight excluding hydrogens is 234 g/mol. The molecule has 0 bridgehead atoms. The molecule has 0 heterocycles.